The van der Waals surface area contributed by atoms with E-state index in [9.17, 15) is 4.79 Å². The zero-order chi connectivity index (χ0) is 15.5. The lowest BCUT2D eigenvalue weighted by Gasteiger charge is -2.10. The third-order valence-corrected chi connectivity index (χ3v) is 3.05. The summed E-state index contributed by atoms with van der Waals surface area (Å²) in [6.45, 7) is 3.80. The molecule has 3 aromatic rings. The number of nitrogens with zero attached hydrogens (tertiary/aromatic N) is 2. The van der Waals surface area contributed by atoms with E-state index in [2.05, 4.69) is 15.2 Å². The topological polar surface area (TPSA) is 90.2 Å². The molecule has 114 valence electrons. The summed E-state index contributed by atoms with van der Waals surface area (Å²) in [4.78, 5) is 16.1. The fourth-order valence-electron chi connectivity index (χ4n) is 2.01. The van der Waals surface area contributed by atoms with Gasteiger partial charge in [-0.1, -0.05) is 12.1 Å². The van der Waals surface area contributed by atoms with Gasteiger partial charge in [-0.2, -0.15) is 5.10 Å². The number of carbonyl (C=O) groups excluding carboxylic acids is 1. The van der Waals surface area contributed by atoms with Gasteiger partial charge in [0.1, 0.15) is 11.1 Å². The normalized spacial score (nSPS) is 12.3. The highest BCUT2D eigenvalue weighted by molar-refractivity contribution is 5.91. The third kappa shape index (κ3) is 2.65. The molecule has 7 heteroatoms. The molecular weight excluding hydrogens is 286 g/mol. The number of rotatable bonds is 5. The molecule has 0 aliphatic rings. The van der Waals surface area contributed by atoms with E-state index in [1.54, 1.807) is 13.8 Å². The van der Waals surface area contributed by atoms with Gasteiger partial charge in [0.15, 0.2) is 11.7 Å². The minimum Gasteiger partial charge on any atom is -0.464 e. The standard InChI is InChI=1S/C15H15N3O4/c1-3-20-15(19)10-8-16-18-14(10)21-9(2)13-17-11-6-4-5-7-12(11)22-13/h4-9H,3H2,1-2H3,(H,16,18). The highest BCUT2D eigenvalue weighted by Crippen LogP contribution is 2.25. The van der Waals surface area contributed by atoms with E-state index < -0.39 is 12.1 Å². The molecule has 22 heavy (non-hydrogen) atoms. The summed E-state index contributed by atoms with van der Waals surface area (Å²) in [5.41, 5.74) is 1.68. The Hall–Kier alpha value is -2.83. The molecule has 1 atom stereocenters. The van der Waals surface area contributed by atoms with Gasteiger partial charge in [-0.05, 0) is 26.0 Å². The molecule has 0 amide bonds. The van der Waals surface area contributed by atoms with Crippen LogP contribution >= 0.6 is 0 Å². The Morgan fingerprint density at radius 2 is 2.23 bits per heavy atom. The van der Waals surface area contributed by atoms with E-state index in [0.717, 1.165) is 5.52 Å². The predicted molar refractivity (Wildman–Crippen MR) is 77.6 cm³/mol. The Bertz CT molecular complexity index is 760. The lowest BCUT2D eigenvalue weighted by atomic mass is 10.3. The zero-order valence-corrected chi connectivity index (χ0v) is 12.2. The van der Waals surface area contributed by atoms with Crippen molar-refractivity contribution in [3.05, 3.63) is 41.9 Å². The first-order valence-electron chi connectivity index (χ1n) is 6.91. The number of carbonyl (C=O) groups is 1. The molecule has 0 aliphatic carbocycles. The van der Waals surface area contributed by atoms with Crippen LogP contribution < -0.4 is 4.74 Å². The summed E-state index contributed by atoms with van der Waals surface area (Å²) < 4.78 is 16.3. The van der Waals surface area contributed by atoms with Gasteiger partial charge in [0.2, 0.25) is 11.8 Å². The Morgan fingerprint density at radius 1 is 1.41 bits per heavy atom. The van der Waals surface area contributed by atoms with E-state index in [0.29, 0.717) is 11.5 Å². The summed E-state index contributed by atoms with van der Waals surface area (Å²) in [6.07, 6.45) is 0.882. The van der Waals surface area contributed by atoms with Crippen LogP contribution in [0.4, 0.5) is 0 Å². The largest absolute Gasteiger partial charge is 0.464 e. The number of H-pyrrole nitrogens is 1. The van der Waals surface area contributed by atoms with E-state index >= 15 is 0 Å². The molecule has 0 fully saturated rings. The number of hydrogen-bond donors (Lipinski definition) is 1. The number of ether oxygens (including phenoxy) is 2. The fraction of sp³-hybridized carbons (Fsp3) is 0.267. The molecular formula is C15H15N3O4. The second-order valence-electron chi connectivity index (χ2n) is 4.61. The summed E-state index contributed by atoms with van der Waals surface area (Å²) in [7, 11) is 0. The van der Waals surface area contributed by atoms with Gasteiger partial charge in [0.05, 0.1) is 12.8 Å². The highest BCUT2D eigenvalue weighted by Gasteiger charge is 2.21. The fourth-order valence-corrected chi connectivity index (χ4v) is 2.01. The van der Waals surface area contributed by atoms with Crippen molar-refractivity contribution in [2.45, 2.75) is 20.0 Å². The van der Waals surface area contributed by atoms with Crippen molar-refractivity contribution in [3.8, 4) is 5.88 Å². The van der Waals surface area contributed by atoms with Crippen LogP contribution in [0.15, 0.2) is 34.9 Å². The van der Waals surface area contributed by atoms with Crippen molar-refractivity contribution in [1.29, 1.82) is 0 Å². The van der Waals surface area contributed by atoms with Crippen LogP contribution in [0.2, 0.25) is 0 Å². The van der Waals surface area contributed by atoms with Gasteiger partial charge in [-0.25, -0.2) is 14.9 Å². The monoisotopic (exact) mass is 301 g/mol. The van der Waals surface area contributed by atoms with Crippen molar-refractivity contribution >= 4 is 17.1 Å². The first-order chi connectivity index (χ1) is 10.7. The third-order valence-electron chi connectivity index (χ3n) is 3.05. The van der Waals surface area contributed by atoms with Crippen LogP contribution in [-0.4, -0.2) is 27.8 Å². The number of nitrogens with one attached hydrogen (secondary N) is 1. The Morgan fingerprint density at radius 3 is 3.00 bits per heavy atom. The van der Waals surface area contributed by atoms with Crippen molar-refractivity contribution < 1.29 is 18.7 Å². The smallest absolute Gasteiger partial charge is 0.345 e. The molecule has 0 radical (unpaired) electrons. The van der Waals surface area contributed by atoms with Crippen molar-refractivity contribution in [2.75, 3.05) is 6.61 Å². The SMILES string of the molecule is CCOC(=O)c1cn[nH]c1OC(C)c1nc2ccccc2o1. The quantitative estimate of drug-likeness (QED) is 0.729. The summed E-state index contributed by atoms with van der Waals surface area (Å²) in [5.74, 6) is 0.162. The zero-order valence-electron chi connectivity index (χ0n) is 12.2. The van der Waals surface area contributed by atoms with Gasteiger partial charge < -0.3 is 13.9 Å². The Balaban J connectivity index is 1.81. The number of benzene rings is 1. The number of aromatic amines is 1. The minimum atomic E-state index is -0.490. The number of hydrogen-bond acceptors (Lipinski definition) is 6. The van der Waals surface area contributed by atoms with Crippen LogP contribution in [0.25, 0.3) is 11.1 Å². The Kier molecular flexibility index (Phi) is 3.78. The molecule has 3 rings (SSSR count). The van der Waals surface area contributed by atoms with Gasteiger partial charge >= 0.3 is 5.97 Å². The molecule has 0 saturated heterocycles. The molecule has 0 aliphatic heterocycles. The van der Waals surface area contributed by atoms with Gasteiger partial charge in [-0.3, -0.25) is 0 Å². The summed E-state index contributed by atoms with van der Waals surface area (Å²) in [5, 5.41) is 6.45. The maximum absolute atomic E-state index is 11.8. The first kappa shape index (κ1) is 14.1. The predicted octanol–water partition coefficient (Wildman–Crippen LogP) is 2.87. The maximum Gasteiger partial charge on any atom is 0.345 e. The maximum atomic E-state index is 11.8. The lowest BCUT2D eigenvalue weighted by Crippen LogP contribution is -2.09. The number of para-hydroxylation sites is 2. The number of fused-ring (bicyclic) bond motifs is 1. The van der Waals surface area contributed by atoms with Gasteiger partial charge in [0, 0.05) is 0 Å². The van der Waals surface area contributed by atoms with Crippen LogP contribution in [0, 0.1) is 0 Å². The molecule has 1 unspecified atom stereocenters. The van der Waals surface area contributed by atoms with Crippen LogP contribution in [0.5, 0.6) is 5.88 Å². The van der Waals surface area contributed by atoms with E-state index in [4.69, 9.17) is 13.9 Å². The van der Waals surface area contributed by atoms with Crippen LogP contribution in [-0.2, 0) is 4.74 Å². The second kappa shape index (κ2) is 5.88. The van der Waals surface area contributed by atoms with Crippen LogP contribution in [0.3, 0.4) is 0 Å². The second-order valence-corrected chi connectivity index (χ2v) is 4.61. The van der Waals surface area contributed by atoms with Crippen molar-refractivity contribution in [3.63, 3.8) is 0 Å². The van der Waals surface area contributed by atoms with Crippen molar-refractivity contribution in [2.24, 2.45) is 0 Å². The average molecular weight is 301 g/mol. The van der Waals surface area contributed by atoms with E-state index in [1.165, 1.54) is 6.20 Å². The first-order valence-corrected chi connectivity index (χ1v) is 6.91. The van der Waals surface area contributed by atoms with Gasteiger partial charge in [-0.15, -0.1) is 0 Å². The van der Waals surface area contributed by atoms with Crippen LogP contribution in [0.1, 0.15) is 36.2 Å². The van der Waals surface area contributed by atoms with E-state index in [-0.39, 0.29) is 18.1 Å². The average Bonchev–Trinajstić information content (AvgIpc) is 3.13. The molecule has 0 bridgehead atoms. The molecule has 0 spiro atoms. The highest BCUT2D eigenvalue weighted by atomic mass is 16.5. The van der Waals surface area contributed by atoms with Crippen molar-refractivity contribution in [1.82, 2.24) is 15.2 Å². The Labute approximate surface area is 126 Å². The molecule has 1 aromatic carbocycles. The number of oxazole rings is 1. The lowest BCUT2D eigenvalue weighted by molar-refractivity contribution is 0.0518. The van der Waals surface area contributed by atoms with Gasteiger partial charge in [0.25, 0.3) is 0 Å². The minimum absolute atomic E-state index is 0.230. The number of aromatic nitrogens is 3. The molecule has 1 N–H and O–H groups in total. The molecule has 2 heterocycles. The summed E-state index contributed by atoms with van der Waals surface area (Å²) >= 11 is 0. The van der Waals surface area contributed by atoms with E-state index in [1.807, 2.05) is 24.3 Å². The summed E-state index contributed by atoms with van der Waals surface area (Å²) in [6, 6.07) is 7.44. The number of esters is 1. The molecule has 7 nitrogen and oxygen atoms in total. The molecule has 2 aromatic heterocycles. The molecule has 0 saturated carbocycles.